The molecule has 0 bridgehead atoms. The Kier molecular flexibility index (Phi) is 4.15. The van der Waals surface area contributed by atoms with E-state index >= 15 is 0 Å². The largest absolute Gasteiger partial charge is 0.309 e. The van der Waals surface area contributed by atoms with Crippen molar-refractivity contribution in [3.05, 3.63) is 11.9 Å². The van der Waals surface area contributed by atoms with Crippen molar-refractivity contribution in [3.8, 4) is 0 Å². The topological polar surface area (TPSA) is 42.7 Å². The highest BCUT2D eigenvalue weighted by molar-refractivity contribution is 5.06. The summed E-state index contributed by atoms with van der Waals surface area (Å²) < 4.78 is 2.06. The first-order chi connectivity index (χ1) is 8.27. The minimum atomic E-state index is 0.411. The van der Waals surface area contributed by atoms with Crippen LogP contribution in [0.5, 0.6) is 0 Å². The Morgan fingerprint density at radius 1 is 1.47 bits per heavy atom. The Labute approximate surface area is 104 Å². The third kappa shape index (κ3) is 2.86. The van der Waals surface area contributed by atoms with Gasteiger partial charge in [0.2, 0.25) is 0 Å². The zero-order chi connectivity index (χ0) is 12.3. The van der Waals surface area contributed by atoms with Crippen LogP contribution in [0, 0.1) is 11.8 Å². The Morgan fingerprint density at radius 2 is 2.24 bits per heavy atom. The second-order valence-corrected chi connectivity index (χ2v) is 5.11. The predicted molar refractivity (Wildman–Crippen MR) is 68.6 cm³/mol. The average Bonchev–Trinajstić information content (AvgIpc) is 3.08. The summed E-state index contributed by atoms with van der Waals surface area (Å²) in [6.07, 6.45) is 5.81. The molecule has 0 aliphatic heterocycles. The lowest BCUT2D eigenvalue weighted by Gasteiger charge is -2.25. The number of nitrogens with zero attached hydrogens (tertiary/aromatic N) is 3. The summed E-state index contributed by atoms with van der Waals surface area (Å²) >= 11 is 0. The van der Waals surface area contributed by atoms with E-state index in [1.165, 1.54) is 18.5 Å². The van der Waals surface area contributed by atoms with Crippen molar-refractivity contribution in [2.45, 2.75) is 52.6 Å². The molecule has 0 saturated heterocycles. The van der Waals surface area contributed by atoms with Crippen LogP contribution in [0.2, 0.25) is 0 Å². The van der Waals surface area contributed by atoms with Crippen LogP contribution in [0.1, 0.15) is 51.8 Å². The standard InChI is InChI=1S/C13H24N4/c1-4-8-17-12(9-15-16-17)13(14-5-2)10(3)11-6-7-11/h9-11,13-14H,4-8H2,1-3H3. The lowest BCUT2D eigenvalue weighted by Crippen LogP contribution is -2.30. The van der Waals surface area contributed by atoms with Crippen LogP contribution in [0.3, 0.4) is 0 Å². The van der Waals surface area contributed by atoms with Crippen molar-refractivity contribution in [2.75, 3.05) is 6.54 Å². The first kappa shape index (κ1) is 12.6. The molecule has 1 N–H and O–H groups in total. The summed E-state index contributed by atoms with van der Waals surface area (Å²) in [7, 11) is 0. The van der Waals surface area contributed by atoms with E-state index in [1.807, 2.05) is 6.20 Å². The molecule has 0 amide bonds. The number of nitrogens with one attached hydrogen (secondary N) is 1. The molecule has 1 aromatic heterocycles. The maximum atomic E-state index is 4.20. The molecule has 1 aliphatic carbocycles. The van der Waals surface area contributed by atoms with Crippen molar-refractivity contribution in [2.24, 2.45) is 11.8 Å². The van der Waals surface area contributed by atoms with Gasteiger partial charge in [-0.1, -0.05) is 26.0 Å². The Bertz CT molecular complexity index is 343. The van der Waals surface area contributed by atoms with Gasteiger partial charge >= 0.3 is 0 Å². The summed E-state index contributed by atoms with van der Waals surface area (Å²) in [4.78, 5) is 0. The summed E-state index contributed by atoms with van der Waals surface area (Å²) in [5, 5.41) is 11.9. The molecule has 1 aliphatic rings. The highest BCUT2D eigenvalue weighted by Crippen LogP contribution is 2.42. The molecule has 0 aromatic carbocycles. The summed E-state index contributed by atoms with van der Waals surface area (Å²) in [6, 6.07) is 0.411. The fraction of sp³-hybridized carbons (Fsp3) is 0.846. The monoisotopic (exact) mass is 236 g/mol. The first-order valence-electron chi connectivity index (χ1n) is 6.89. The molecule has 4 nitrogen and oxygen atoms in total. The van der Waals surface area contributed by atoms with Crippen molar-refractivity contribution in [3.63, 3.8) is 0 Å². The number of hydrogen-bond acceptors (Lipinski definition) is 3. The van der Waals surface area contributed by atoms with Crippen molar-refractivity contribution in [1.82, 2.24) is 20.3 Å². The van der Waals surface area contributed by atoms with Gasteiger partial charge in [0.05, 0.1) is 17.9 Å². The maximum absolute atomic E-state index is 4.20. The molecule has 96 valence electrons. The molecule has 17 heavy (non-hydrogen) atoms. The third-order valence-corrected chi connectivity index (χ3v) is 3.72. The highest BCUT2D eigenvalue weighted by atomic mass is 15.4. The van der Waals surface area contributed by atoms with E-state index in [2.05, 4.69) is 41.1 Å². The van der Waals surface area contributed by atoms with E-state index in [1.54, 1.807) is 0 Å². The zero-order valence-electron chi connectivity index (χ0n) is 11.2. The maximum Gasteiger partial charge on any atom is 0.0759 e. The van der Waals surface area contributed by atoms with Crippen molar-refractivity contribution < 1.29 is 0 Å². The molecular weight excluding hydrogens is 212 g/mol. The van der Waals surface area contributed by atoms with E-state index in [-0.39, 0.29) is 0 Å². The van der Waals surface area contributed by atoms with E-state index in [0.29, 0.717) is 12.0 Å². The van der Waals surface area contributed by atoms with Gasteiger partial charge in [0.1, 0.15) is 0 Å². The second-order valence-electron chi connectivity index (χ2n) is 5.11. The van der Waals surface area contributed by atoms with Crippen LogP contribution < -0.4 is 5.32 Å². The second kappa shape index (κ2) is 5.63. The van der Waals surface area contributed by atoms with Gasteiger partial charge in [-0.2, -0.15) is 0 Å². The lowest BCUT2D eigenvalue weighted by molar-refractivity contribution is 0.333. The Morgan fingerprint density at radius 3 is 2.82 bits per heavy atom. The van der Waals surface area contributed by atoms with Gasteiger partial charge in [-0.3, -0.25) is 0 Å². The minimum absolute atomic E-state index is 0.411. The van der Waals surface area contributed by atoms with Gasteiger partial charge < -0.3 is 5.32 Å². The lowest BCUT2D eigenvalue weighted by atomic mass is 9.94. The summed E-state index contributed by atoms with van der Waals surface area (Å²) in [5.74, 6) is 1.58. The first-order valence-corrected chi connectivity index (χ1v) is 6.89. The Balaban J connectivity index is 2.15. The molecule has 0 radical (unpaired) electrons. The molecule has 1 heterocycles. The molecule has 2 atom stereocenters. The highest BCUT2D eigenvalue weighted by Gasteiger charge is 2.35. The molecule has 1 fully saturated rings. The van der Waals surface area contributed by atoms with Crippen molar-refractivity contribution >= 4 is 0 Å². The molecule has 0 spiro atoms. The van der Waals surface area contributed by atoms with Crippen LogP contribution in [0.25, 0.3) is 0 Å². The predicted octanol–water partition coefficient (Wildman–Crippen LogP) is 2.38. The number of rotatable bonds is 7. The fourth-order valence-electron chi connectivity index (χ4n) is 2.57. The van der Waals surface area contributed by atoms with Gasteiger partial charge in [0, 0.05) is 6.54 Å². The van der Waals surface area contributed by atoms with Gasteiger partial charge in [-0.15, -0.1) is 5.10 Å². The molecule has 1 aromatic rings. The quantitative estimate of drug-likeness (QED) is 0.790. The number of hydrogen-bond donors (Lipinski definition) is 1. The Hall–Kier alpha value is -0.900. The van der Waals surface area contributed by atoms with Crippen LogP contribution >= 0.6 is 0 Å². The fourth-order valence-corrected chi connectivity index (χ4v) is 2.57. The molecular formula is C13H24N4. The third-order valence-electron chi connectivity index (χ3n) is 3.72. The van der Waals surface area contributed by atoms with E-state index in [4.69, 9.17) is 0 Å². The van der Waals surface area contributed by atoms with Crippen molar-refractivity contribution in [1.29, 1.82) is 0 Å². The van der Waals surface area contributed by atoms with E-state index in [0.717, 1.165) is 25.4 Å². The van der Waals surface area contributed by atoms with Gasteiger partial charge in [-0.25, -0.2) is 4.68 Å². The normalized spacial score (nSPS) is 19.2. The summed E-state index contributed by atoms with van der Waals surface area (Å²) in [5.41, 5.74) is 1.26. The average molecular weight is 236 g/mol. The molecule has 1 saturated carbocycles. The van der Waals surface area contributed by atoms with Gasteiger partial charge in [-0.05, 0) is 37.6 Å². The minimum Gasteiger partial charge on any atom is -0.309 e. The molecule has 2 unspecified atom stereocenters. The van der Waals surface area contributed by atoms with Crippen LogP contribution in [-0.2, 0) is 6.54 Å². The van der Waals surface area contributed by atoms with Crippen LogP contribution in [0.4, 0.5) is 0 Å². The number of aryl methyl sites for hydroxylation is 1. The van der Waals surface area contributed by atoms with Gasteiger partial charge in [0.25, 0.3) is 0 Å². The van der Waals surface area contributed by atoms with Crippen LogP contribution in [0.15, 0.2) is 6.20 Å². The zero-order valence-corrected chi connectivity index (χ0v) is 11.2. The smallest absolute Gasteiger partial charge is 0.0759 e. The van der Waals surface area contributed by atoms with E-state index < -0.39 is 0 Å². The SMILES string of the molecule is CCCn1nncc1C(NCC)C(C)C1CC1. The number of aromatic nitrogens is 3. The molecule has 4 heteroatoms. The van der Waals surface area contributed by atoms with E-state index in [9.17, 15) is 0 Å². The van der Waals surface area contributed by atoms with Gasteiger partial charge in [0.15, 0.2) is 0 Å². The summed E-state index contributed by atoms with van der Waals surface area (Å²) in [6.45, 7) is 8.67. The molecule has 2 rings (SSSR count). The van der Waals surface area contributed by atoms with Crippen LogP contribution in [-0.4, -0.2) is 21.5 Å².